The number of nitrogens with zero attached hydrogens (tertiary/aromatic N) is 2. The number of anilines is 1. The molecule has 7 nitrogen and oxygen atoms in total. The van der Waals surface area contributed by atoms with Crippen molar-refractivity contribution < 1.29 is 14.3 Å². The van der Waals surface area contributed by atoms with E-state index in [1.54, 1.807) is 29.5 Å². The second-order valence-electron chi connectivity index (χ2n) is 8.54. The van der Waals surface area contributed by atoms with Crippen LogP contribution in [0.25, 0.3) is 10.6 Å². The van der Waals surface area contributed by atoms with E-state index in [4.69, 9.17) is 4.74 Å². The van der Waals surface area contributed by atoms with Gasteiger partial charge >= 0.3 is 0 Å². The third kappa shape index (κ3) is 6.88. The Hall–Kier alpha value is -3.23. The molecule has 0 radical (unpaired) electrons. The second-order valence-corrected chi connectivity index (χ2v) is 9.66. The maximum atomic E-state index is 13.0. The minimum absolute atomic E-state index is 0.108. The summed E-state index contributed by atoms with van der Waals surface area (Å²) in [6, 6.07) is 13.1. The van der Waals surface area contributed by atoms with Crippen LogP contribution in [0.3, 0.4) is 0 Å². The van der Waals surface area contributed by atoms with Crippen LogP contribution in [0.4, 0.5) is 5.69 Å². The van der Waals surface area contributed by atoms with E-state index in [1.165, 1.54) is 4.88 Å². The van der Waals surface area contributed by atoms with Crippen LogP contribution in [0.15, 0.2) is 48.7 Å². The minimum Gasteiger partial charge on any atom is -0.493 e. The SMILES string of the molecule is CCOc1ccc(NC(=O)C(C)C)cc1C(=O)NCc1cccc(-c2ncc(CN(C)C)s2)c1. The van der Waals surface area contributed by atoms with Gasteiger partial charge in [-0.2, -0.15) is 0 Å². The molecule has 0 atom stereocenters. The Morgan fingerprint density at radius 2 is 1.94 bits per heavy atom. The van der Waals surface area contributed by atoms with Crippen molar-refractivity contribution in [2.45, 2.75) is 33.9 Å². The van der Waals surface area contributed by atoms with Gasteiger partial charge in [-0.15, -0.1) is 11.3 Å². The van der Waals surface area contributed by atoms with E-state index in [0.717, 1.165) is 22.7 Å². The first-order chi connectivity index (χ1) is 16.3. The van der Waals surface area contributed by atoms with Crippen molar-refractivity contribution in [2.75, 3.05) is 26.0 Å². The topological polar surface area (TPSA) is 83.6 Å². The lowest BCUT2D eigenvalue weighted by Gasteiger charge is -2.14. The summed E-state index contributed by atoms with van der Waals surface area (Å²) >= 11 is 1.67. The summed E-state index contributed by atoms with van der Waals surface area (Å²) in [5.41, 5.74) is 2.94. The van der Waals surface area contributed by atoms with Crippen molar-refractivity contribution in [1.82, 2.24) is 15.2 Å². The average molecular weight is 481 g/mol. The number of aromatic nitrogens is 1. The number of amides is 2. The van der Waals surface area contributed by atoms with E-state index in [9.17, 15) is 9.59 Å². The van der Waals surface area contributed by atoms with Gasteiger partial charge in [-0.25, -0.2) is 4.98 Å². The molecule has 2 N–H and O–H groups in total. The highest BCUT2D eigenvalue weighted by molar-refractivity contribution is 7.15. The number of ether oxygens (including phenoxy) is 1. The van der Waals surface area contributed by atoms with Crippen LogP contribution in [0.1, 0.15) is 41.6 Å². The standard InChI is InChI=1S/C26H32N4O3S/c1-6-33-23-11-10-20(29-24(31)17(2)3)13-22(23)25(32)27-14-18-8-7-9-19(12-18)26-28-15-21(34-26)16-30(4)5/h7-13,15,17H,6,14,16H2,1-5H3,(H,27,32)(H,29,31). The van der Waals surface area contributed by atoms with Crippen molar-refractivity contribution in [1.29, 1.82) is 0 Å². The van der Waals surface area contributed by atoms with E-state index >= 15 is 0 Å². The smallest absolute Gasteiger partial charge is 0.255 e. The summed E-state index contributed by atoms with van der Waals surface area (Å²) in [6.45, 7) is 7.15. The molecule has 1 aromatic heterocycles. The van der Waals surface area contributed by atoms with E-state index in [2.05, 4.69) is 20.5 Å². The molecular formula is C26H32N4O3S. The largest absolute Gasteiger partial charge is 0.493 e. The third-order valence-corrected chi connectivity index (χ3v) is 6.00. The fourth-order valence-corrected chi connectivity index (χ4v) is 4.30. The molecule has 1 heterocycles. The molecule has 3 rings (SSSR count). The van der Waals surface area contributed by atoms with E-state index in [1.807, 2.05) is 65.3 Å². The van der Waals surface area contributed by atoms with Crippen molar-refractivity contribution in [3.8, 4) is 16.3 Å². The Bertz CT molecular complexity index is 1140. The lowest BCUT2D eigenvalue weighted by molar-refractivity contribution is -0.118. The molecule has 0 aliphatic rings. The number of carbonyl (C=O) groups is 2. The van der Waals surface area contributed by atoms with Crippen molar-refractivity contribution in [3.63, 3.8) is 0 Å². The molecule has 0 saturated heterocycles. The summed E-state index contributed by atoms with van der Waals surface area (Å²) in [5, 5.41) is 6.76. The van der Waals surface area contributed by atoms with Crippen LogP contribution in [-0.4, -0.2) is 42.4 Å². The molecule has 2 aromatic carbocycles. The minimum atomic E-state index is -0.267. The Kier molecular flexibility index (Phi) is 8.79. The van der Waals surface area contributed by atoms with Crippen molar-refractivity contribution in [2.24, 2.45) is 5.92 Å². The number of carbonyl (C=O) groups excluding carboxylic acids is 2. The number of rotatable bonds is 10. The number of thiazole rings is 1. The first-order valence-electron chi connectivity index (χ1n) is 11.3. The summed E-state index contributed by atoms with van der Waals surface area (Å²) < 4.78 is 5.64. The highest BCUT2D eigenvalue weighted by Crippen LogP contribution is 2.27. The number of nitrogens with one attached hydrogen (secondary N) is 2. The van der Waals surface area contributed by atoms with Gasteiger partial charge in [0.15, 0.2) is 0 Å². The van der Waals surface area contributed by atoms with Gasteiger partial charge < -0.3 is 20.3 Å². The molecule has 0 bridgehead atoms. The second kappa shape index (κ2) is 11.8. The van der Waals surface area contributed by atoms with Gasteiger partial charge in [0.05, 0.1) is 12.2 Å². The highest BCUT2D eigenvalue weighted by atomic mass is 32.1. The van der Waals surface area contributed by atoms with Crippen molar-refractivity contribution >= 4 is 28.8 Å². The lowest BCUT2D eigenvalue weighted by atomic mass is 10.1. The quantitative estimate of drug-likeness (QED) is 0.436. The van der Waals surface area contributed by atoms with Crippen LogP contribution in [-0.2, 0) is 17.9 Å². The van der Waals surface area contributed by atoms with Crippen LogP contribution >= 0.6 is 11.3 Å². The predicted octanol–water partition coefficient (Wildman–Crippen LogP) is 4.79. The third-order valence-electron chi connectivity index (χ3n) is 4.97. The average Bonchev–Trinajstić information content (AvgIpc) is 3.26. The predicted molar refractivity (Wildman–Crippen MR) is 137 cm³/mol. The zero-order chi connectivity index (χ0) is 24.7. The molecule has 2 amide bonds. The van der Waals surface area contributed by atoms with Crippen LogP contribution in [0.5, 0.6) is 5.75 Å². The summed E-state index contributed by atoms with van der Waals surface area (Å²) in [7, 11) is 4.07. The Morgan fingerprint density at radius 3 is 2.65 bits per heavy atom. The number of hydrogen-bond acceptors (Lipinski definition) is 6. The number of hydrogen-bond donors (Lipinski definition) is 2. The molecule has 0 aliphatic heterocycles. The molecule has 0 fully saturated rings. The van der Waals surface area contributed by atoms with Gasteiger partial charge in [0.25, 0.3) is 5.91 Å². The first kappa shape index (κ1) is 25.4. The van der Waals surface area contributed by atoms with Gasteiger partial charge in [0.2, 0.25) is 5.91 Å². The van der Waals surface area contributed by atoms with Crippen LogP contribution in [0.2, 0.25) is 0 Å². The molecule has 3 aromatic rings. The molecule has 34 heavy (non-hydrogen) atoms. The zero-order valence-electron chi connectivity index (χ0n) is 20.3. The van der Waals surface area contributed by atoms with Gasteiger partial charge in [0, 0.05) is 41.3 Å². The molecule has 0 saturated carbocycles. The van der Waals surface area contributed by atoms with Crippen LogP contribution < -0.4 is 15.4 Å². The molecule has 0 aliphatic carbocycles. The van der Waals surface area contributed by atoms with Crippen LogP contribution in [0, 0.1) is 5.92 Å². The van der Waals surface area contributed by atoms with E-state index in [0.29, 0.717) is 30.2 Å². The Balaban J connectivity index is 1.73. The number of benzene rings is 2. The van der Waals surface area contributed by atoms with Gasteiger partial charge in [-0.1, -0.05) is 32.0 Å². The summed E-state index contributed by atoms with van der Waals surface area (Å²) in [5.74, 6) is -0.0549. The summed E-state index contributed by atoms with van der Waals surface area (Å²) in [4.78, 5) is 33.0. The Morgan fingerprint density at radius 1 is 1.15 bits per heavy atom. The Labute approximate surface area is 205 Å². The monoisotopic (exact) mass is 480 g/mol. The maximum absolute atomic E-state index is 13.0. The molecule has 180 valence electrons. The van der Waals surface area contributed by atoms with Gasteiger partial charge in [-0.3, -0.25) is 9.59 Å². The fraction of sp³-hybridized carbons (Fsp3) is 0.346. The van der Waals surface area contributed by atoms with Gasteiger partial charge in [0.1, 0.15) is 10.8 Å². The van der Waals surface area contributed by atoms with E-state index in [-0.39, 0.29) is 17.7 Å². The molecule has 0 spiro atoms. The lowest BCUT2D eigenvalue weighted by Crippen LogP contribution is -2.24. The molecule has 0 unspecified atom stereocenters. The van der Waals surface area contributed by atoms with Crippen molar-refractivity contribution in [3.05, 3.63) is 64.7 Å². The highest BCUT2D eigenvalue weighted by Gasteiger charge is 2.16. The first-order valence-corrected chi connectivity index (χ1v) is 12.1. The summed E-state index contributed by atoms with van der Waals surface area (Å²) in [6.07, 6.45) is 1.91. The zero-order valence-corrected chi connectivity index (χ0v) is 21.2. The maximum Gasteiger partial charge on any atom is 0.255 e. The van der Waals surface area contributed by atoms with Gasteiger partial charge in [-0.05, 0) is 50.8 Å². The van der Waals surface area contributed by atoms with E-state index < -0.39 is 0 Å². The normalized spacial score (nSPS) is 11.0. The fourth-order valence-electron chi connectivity index (χ4n) is 3.27. The molecular weight excluding hydrogens is 448 g/mol. The molecule has 8 heteroatoms.